The van der Waals surface area contributed by atoms with Gasteiger partial charge in [0.2, 0.25) is 10.0 Å². The Morgan fingerprint density at radius 2 is 1.67 bits per heavy atom. The summed E-state index contributed by atoms with van der Waals surface area (Å²) in [7, 11) is -3.44. The summed E-state index contributed by atoms with van der Waals surface area (Å²) >= 11 is 5.93. The van der Waals surface area contributed by atoms with E-state index in [0.29, 0.717) is 29.6 Å². The molecule has 1 aliphatic heterocycles. The van der Waals surface area contributed by atoms with Gasteiger partial charge in [0, 0.05) is 24.7 Å². The maximum absolute atomic E-state index is 12.7. The number of halogens is 1. The quantitative estimate of drug-likeness (QED) is 0.654. The standard InChI is InChI=1S/C22H28ClN3O3S/c1-2-21(18-8-10-19(23)11-9-18)25-22(27)24-16-17-6-12-20(13-7-17)30(28,29)26-14-4-3-5-15-26/h6-13,21H,2-5,14-16H2,1H3,(H2,24,25,27). The number of hydrogen-bond donors (Lipinski definition) is 2. The third-order valence-electron chi connectivity index (χ3n) is 5.32. The van der Waals surface area contributed by atoms with Gasteiger partial charge in [-0.25, -0.2) is 13.2 Å². The maximum atomic E-state index is 12.7. The molecule has 1 heterocycles. The van der Waals surface area contributed by atoms with Gasteiger partial charge in [0.25, 0.3) is 0 Å². The summed E-state index contributed by atoms with van der Waals surface area (Å²) in [6, 6.07) is 13.7. The van der Waals surface area contributed by atoms with Crippen LogP contribution in [0.25, 0.3) is 0 Å². The van der Waals surface area contributed by atoms with Gasteiger partial charge in [-0.2, -0.15) is 4.31 Å². The highest BCUT2D eigenvalue weighted by atomic mass is 35.5. The number of hydrogen-bond acceptors (Lipinski definition) is 3. The van der Waals surface area contributed by atoms with Crippen molar-refractivity contribution >= 4 is 27.7 Å². The molecule has 0 spiro atoms. The highest BCUT2D eigenvalue weighted by Crippen LogP contribution is 2.21. The van der Waals surface area contributed by atoms with Crippen LogP contribution in [0.4, 0.5) is 4.79 Å². The van der Waals surface area contributed by atoms with Crippen LogP contribution in [-0.4, -0.2) is 31.8 Å². The number of carbonyl (C=O) groups is 1. The van der Waals surface area contributed by atoms with Gasteiger partial charge in [0.1, 0.15) is 0 Å². The smallest absolute Gasteiger partial charge is 0.315 e. The lowest BCUT2D eigenvalue weighted by atomic mass is 10.1. The first kappa shape index (κ1) is 22.6. The van der Waals surface area contributed by atoms with E-state index in [4.69, 9.17) is 11.6 Å². The molecule has 30 heavy (non-hydrogen) atoms. The zero-order valence-electron chi connectivity index (χ0n) is 17.1. The first-order valence-electron chi connectivity index (χ1n) is 10.3. The van der Waals surface area contributed by atoms with Crippen LogP contribution in [0.15, 0.2) is 53.4 Å². The number of benzene rings is 2. The normalized spacial score (nSPS) is 16.1. The van der Waals surface area contributed by atoms with Gasteiger partial charge in [-0.15, -0.1) is 0 Å². The number of rotatable bonds is 7. The van der Waals surface area contributed by atoms with Crippen LogP contribution in [-0.2, 0) is 16.6 Å². The summed E-state index contributed by atoms with van der Waals surface area (Å²) in [5.74, 6) is 0. The third-order valence-corrected chi connectivity index (χ3v) is 7.48. The summed E-state index contributed by atoms with van der Waals surface area (Å²) in [5, 5.41) is 6.44. The average Bonchev–Trinajstić information content (AvgIpc) is 2.77. The highest BCUT2D eigenvalue weighted by Gasteiger charge is 2.25. The van der Waals surface area contributed by atoms with E-state index in [-0.39, 0.29) is 12.1 Å². The first-order chi connectivity index (χ1) is 14.4. The van der Waals surface area contributed by atoms with E-state index >= 15 is 0 Å². The Hall–Kier alpha value is -2.09. The van der Waals surface area contributed by atoms with Crippen LogP contribution in [0.5, 0.6) is 0 Å². The summed E-state index contributed by atoms with van der Waals surface area (Å²) in [5.41, 5.74) is 1.83. The van der Waals surface area contributed by atoms with E-state index < -0.39 is 10.0 Å². The molecular formula is C22H28ClN3O3S. The van der Waals surface area contributed by atoms with Gasteiger partial charge in [0.15, 0.2) is 0 Å². The van der Waals surface area contributed by atoms with Gasteiger partial charge in [0.05, 0.1) is 10.9 Å². The largest absolute Gasteiger partial charge is 0.334 e. The molecule has 162 valence electrons. The molecule has 3 rings (SSSR count). The second kappa shape index (κ2) is 10.3. The van der Waals surface area contributed by atoms with E-state index in [1.54, 1.807) is 40.7 Å². The van der Waals surface area contributed by atoms with Crippen LogP contribution in [0.3, 0.4) is 0 Å². The Bertz CT molecular complexity index is 941. The number of carbonyl (C=O) groups excluding carboxylic acids is 1. The fraction of sp³-hybridized carbons (Fsp3) is 0.409. The Labute approximate surface area is 183 Å². The molecule has 2 N–H and O–H groups in total. The molecule has 0 saturated carbocycles. The number of nitrogens with one attached hydrogen (secondary N) is 2. The number of urea groups is 1. The Balaban J connectivity index is 1.55. The summed E-state index contributed by atoms with van der Waals surface area (Å²) in [4.78, 5) is 12.6. The van der Waals surface area contributed by atoms with Gasteiger partial charge in [-0.1, -0.05) is 49.2 Å². The second-order valence-electron chi connectivity index (χ2n) is 7.45. The molecule has 2 amide bonds. The van der Waals surface area contributed by atoms with Crippen LogP contribution in [0.2, 0.25) is 5.02 Å². The van der Waals surface area contributed by atoms with E-state index in [9.17, 15) is 13.2 Å². The Morgan fingerprint density at radius 1 is 1.03 bits per heavy atom. The van der Waals surface area contributed by atoms with E-state index in [1.807, 2.05) is 19.1 Å². The predicted octanol–water partition coefficient (Wildman–Crippen LogP) is 4.47. The molecule has 2 aromatic rings. The topological polar surface area (TPSA) is 78.5 Å². The SMILES string of the molecule is CCC(NC(=O)NCc1ccc(S(=O)(=O)N2CCCCC2)cc1)c1ccc(Cl)cc1. The van der Waals surface area contributed by atoms with Crippen molar-refractivity contribution < 1.29 is 13.2 Å². The third kappa shape index (κ3) is 5.74. The summed E-state index contributed by atoms with van der Waals surface area (Å²) in [6.07, 6.45) is 3.64. The van der Waals surface area contributed by atoms with Crippen molar-refractivity contribution in [2.75, 3.05) is 13.1 Å². The summed E-state index contributed by atoms with van der Waals surface area (Å²) in [6.45, 7) is 3.48. The van der Waals surface area contributed by atoms with Crippen LogP contribution >= 0.6 is 11.6 Å². The minimum absolute atomic E-state index is 0.112. The number of nitrogens with zero attached hydrogens (tertiary/aromatic N) is 1. The minimum Gasteiger partial charge on any atom is -0.334 e. The lowest BCUT2D eigenvalue weighted by Gasteiger charge is -2.25. The molecule has 0 bridgehead atoms. The van der Waals surface area contributed by atoms with Gasteiger partial charge in [-0.05, 0) is 54.7 Å². The molecule has 0 radical (unpaired) electrons. The zero-order valence-corrected chi connectivity index (χ0v) is 18.7. The van der Waals surface area contributed by atoms with Crippen molar-refractivity contribution in [3.05, 3.63) is 64.7 Å². The van der Waals surface area contributed by atoms with E-state index in [2.05, 4.69) is 10.6 Å². The molecule has 2 aromatic carbocycles. The van der Waals surface area contributed by atoms with Crippen molar-refractivity contribution in [3.63, 3.8) is 0 Å². The van der Waals surface area contributed by atoms with Crippen molar-refractivity contribution in [2.45, 2.75) is 50.1 Å². The number of piperidine rings is 1. The molecule has 1 aliphatic rings. The zero-order chi connectivity index (χ0) is 21.6. The van der Waals surface area contributed by atoms with Crippen LogP contribution in [0.1, 0.15) is 49.8 Å². The molecule has 0 aliphatic carbocycles. The van der Waals surface area contributed by atoms with Crippen molar-refractivity contribution in [1.29, 1.82) is 0 Å². The number of amides is 2. The van der Waals surface area contributed by atoms with Crippen molar-refractivity contribution in [3.8, 4) is 0 Å². The fourth-order valence-electron chi connectivity index (χ4n) is 3.54. The fourth-order valence-corrected chi connectivity index (χ4v) is 5.18. The molecule has 1 atom stereocenters. The van der Waals surface area contributed by atoms with E-state index in [0.717, 1.165) is 36.8 Å². The van der Waals surface area contributed by atoms with Gasteiger partial charge < -0.3 is 10.6 Å². The monoisotopic (exact) mass is 449 g/mol. The molecule has 1 fully saturated rings. The molecule has 1 unspecified atom stereocenters. The van der Waals surface area contributed by atoms with Crippen molar-refractivity contribution in [2.24, 2.45) is 0 Å². The highest BCUT2D eigenvalue weighted by molar-refractivity contribution is 7.89. The predicted molar refractivity (Wildman–Crippen MR) is 119 cm³/mol. The molecule has 1 saturated heterocycles. The average molecular weight is 450 g/mol. The lowest BCUT2D eigenvalue weighted by molar-refractivity contribution is 0.236. The minimum atomic E-state index is -3.44. The molecule has 8 heteroatoms. The summed E-state index contributed by atoms with van der Waals surface area (Å²) < 4.78 is 27.0. The maximum Gasteiger partial charge on any atom is 0.315 e. The van der Waals surface area contributed by atoms with Crippen LogP contribution < -0.4 is 10.6 Å². The second-order valence-corrected chi connectivity index (χ2v) is 9.82. The number of sulfonamides is 1. The Morgan fingerprint density at radius 3 is 2.27 bits per heavy atom. The lowest BCUT2D eigenvalue weighted by Crippen LogP contribution is -2.37. The first-order valence-corrected chi connectivity index (χ1v) is 12.1. The molecule has 6 nitrogen and oxygen atoms in total. The van der Waals surface area contributed by atoms with Gasteiger partial charge in [-0.3, -0.25) is 0 Å². The molecular weight excluding hydrogens is 422 g/mol. The van der Waals surface area contributed by atoms with Gasteiger partial charge >= 0.3 is 6.03 Å². The van der Waals surface area contributed by atoms with Crippen molar-refractivity contribution in [1.82, 2.24) is 14.9 Å². The van der Waals surface area contributed by atoms with Crippen LogP contribution in [0, 0.1) is 0 Å². The molecule has 0 aromatic heterocycles. The van der Waals surface area contributed by atoms with E-state index in [1.165, 1.54) is 0 Å². The Kier molecular flexibility index (Phi) is 7.75.